The third-order valence-electron chi connectivity index (χ3n) is 7.23. The van der Waals surface area contributed by atoms with Crippen molar-refractivity contribution >= 4 is 55.7 Å². The molecule has 1 aliphatic carbocycles. The zero-order valence-corrected chi connectivity index (χ0v) is 22.2. The number of hydrogen-bond donors (Lipinski definition) is 2. The molecule has 2 aromatic carbocycles. The largest absolute Gasteiger partial charge is 0.481 e. The minimum absolute atomic E-state index is 0.0331. The van der Waals surface area contributed by atoms with Gasteiger partial charge in [0.2, 0.25) is 5.78 Å². The number of aliphatic carboxylic acids is 1. The number of anilines is 2. The maximum Gasteiger partial charge on any atom is 0.330 e. The summed E-state index contributed by atoms with van der Waals surface area (Å²) in [7, 11) is 0. The maximum absolute atomic E-state index is 16.4. The molecule has 2 aliphatic rings. The van der Waals surface area contributed by atoms with Gasteiger partial charge in [0.05, 0.1) is 32.9 Å². The van der Waals surface area contributed by atoms with Crippen LogP contribution in [0.3, 0.4) is 0 Å². The fraction of sp³-hybridized carbons (Fsp3) is 0.444. The Labute approximate surface area is 227 Å². The molecule has 1 saturated carbocycles. The SMILES string of the molecule is O=C(Cc1cc(Cl)c(Nc2nc3ccccc3s2)cc1F)C(F)(O[C@H]1CC[C@H](C(=O)O)CC1)N1CCCC1. The van der Waals surface area contributed by atoms with Gasteiger partial charge in [-0.15, -0.1) is 0 Å². The van der Waals surface area contributed by atoms with Crippen molar-refractivity contribution in [2.75, 3.05) is 18.4 Å². The molecular weight excluding hydrogens is 536 g/mol. The molecular formula is C27H28ClF2N3O4S. The number of likely N-dealkylation sites (tertiary alicyclic amines) is 1. The van der Waals surface area contributed by atoms with Gasteiger partial charge in [0.25, 0.3) is 0 Å². The van der Waals surface area contributed by atoms with Crippen molar-refractivity contribution in [1.29, 1.82) is 0 Å². The predicted octanol–water partition coefficient (Wildman–Crippen LogP) is 6.32. The lowest BCUT2D eigenvalue weighted by Gasteiger charge is -2.37. The van der Waals surface area contributed by atoms with E-state index in [0.717, 1.165) is 23.1 Å². The lowest BCUT2D eigenvalue weighted by Crippen LogP contribution is -2.54. The van der Waals surface area contributed by atoms with Crippen molar-refractivity contribution in [3.05, 3.63) is 52.8 Å². The van der Waals surface area contributed by atoms with E-state index in [-0.39, 0.29) is 16.3 Å². The molecule has 1 aromatic heterocycles. The van der Waals surface area contributed by atoms with Crippen molar-refractivity contribution in [2.24, 2.45) is 5.92 Å². The van der Waals surface area contributed by atoms with Crippen LogP contribution in [0.2, 0.25) is 5.02 Å². The van der Waals surface area contributed by atoms with Crippen LogP contribution in [0.4, 0.5) is 19.6 Å². The number of carboxylic acids is 1. The molecule has 0 bridgehead atoms. The van der Waals surface area contributed by atoms with Gasteiger partial charge in [-0.25, -0.2) is 14.3 Å². The van der Waals surface area contributed by atoms with Gasteiger partial charge in [-0.05, 0) is 68.4 Å². The van der Waals surface area contributed by atoms with E-state index in [4.69, 9.17) is 16.3 Å². The summed E-state index contributed by atoms with van der Waals surface area (Å²) in [5.41, 5.74) is 1.06. The predicted molar refractivity (Wildman–Crippen MR) is 142 cm³/mol. The van der Waals surface area contributed by atoms with Crippen molar-refractivity contribution in [2.45, 2.75) is 57.0 Å². The van der Waals surface area contributed by atoms with Crippen LogP contribution in [-0.2, 0) is 20.7 Å². The number of aromatic nitrogens is 1. The highest BCUT2D eigenvalue weighted by Gasteiger charge is 2.49. The summed E-state index contributed by atoms with van der Waals surface area (Å²) in [5, 5.41) is 13.0. The molecule has 38 heavy (non-hydrogen) atoms. The van der Waals surface area contributed by atoms with E-state index < -0.39 is 42.0 Å². The number of fused-ring (bicyclic) bond motifs is 1. The molecule has 0 spiro atoms. The third kappa shape index (κ3) is 5.68. The summed E-state index contributed by atoms with van der Waals surface area (Å²) in [5.74, 6) is -5.68. The number of carbonyl (C=O) groups is 2. The molecule has 11 heteroatoms. The van der Waals surface area contributed by atoms with Crippen LogP contribution in [0.1, 0.15) is 44.1 Å². The number of hydrogen-bond acceptors (Lipinski definition) is 7. The molecule has 1 unspecified atom stereocenters. The summed E-state index contributed by atoms with van der Waals surface area (Å²) >= 11 is 7.82. The normalized spacial score (nSPS) is 21.9. The topological polar surface area (TPSA) is 91.8 Å². The Bertz CT molecular complexity index is 1310. The second-order valence-corrected chi connectivity index (χ2v) is 11.3. The van der Waals surface area contributed by atoms with Crippen LogP contribution in [0.15, 0.2) is 36.4 Å². The average Bonchev–Trinajstić information content (AvgIpc) is 3.57. The van der Waals surface area contributed by atoms with Gasteiger partial charge in [0.1, 0.15) is 5.82 Å². The number of carboxylic acid groups (broad SMARTS) is 1. The smallest absolute Gasteiger partial charge is 0.330 e. The highest BCUT2D eigenvalue weighted by atomic mass is 35.5. The Morgan fingerprint density at radius 3 is 2.58 bits per heavy atom. The molecule has 0 radical (unpaired) electrons. The molecule has 2 heterocycles. The second kappa shape index (κ2) is 11.2. The second-order valence-electron chi connectivity index (χ2n) is 9.82. The Morgan fingerprint density at radius 2 is 1.89 bits per heavy atom. The Morgan fingerprint density at radius 1 is 1.18 bits per heavy atom. The number of carbonyl (C=O) groups excluding carboxylic acids is 1. The Hall–Kier alpha value is -2.66. The molecule has 1 saturated heterocycles. The van der Waals surface area contributed by atoms with Gasteiger partial charge in [-0.3, -0.25) is 9.59 Å². The first-order valence-corrected chi connectivity index (χ1v) is 13.9. The summed E-state index contributed by atoms with van der Waals surface area (Å²) in [4.78, 5) is 30.4. The van der Waals surface area contributed by atoms with Crippen LogP contribution in [0, 0.1) is 11.7 Å². The van der Waals surface area contributed by atoms with Crippen LogP contribution >= 0.6 is 22.9 Å². The highest BCUT2D eigenvalue weighted by Crippen LogP contribution is 2.36. The molecule has 2 fully saturated rings. The van der Waals surface area contributed by atoms with E-state index in [2.05, 4.69) is 10.3 Å². The summed E-state index contributed by atoms with van der Waals surface area (Å²) in [6, 6.07) is 10.1. The molecule has 0 amide bonds. The number of alkyl halides is 1. The number of rotatable bonds is 9. The molecule has 202 valence electrons. The summed E-state index contributed by atoms with van der Waals surface area (Å²) in [6.45, 7) is 0.696. The lowest BCUT2D eigenvalue weighted by molar-refractivity contribution is -0.252. The van der Waals surface area contributed by atoms with Crippen LogP contribution in [0.25, 0.3) is 10.2 Å². The van der Waals surface area contributed by atoms with Gasteiger partial charge >= 0.3 is 11.9 Å². The highest BCUT2D eigenvalue weighted by molar-refractivity contribution is 7.22. The fourth-order valence-corrected chi connectivity index (χ4v) is 6.22. The summed E-state index contributed by atoms with van der Waals surface area (Å²) < 4.78 is 38.3. The average molecular weight is 564 g/mol. The number of ketones is 1. The molecule has 3 aromatic rings. The van der Waals surface area contributed by atoms with Gasteiger partial charge in [-0.2, -0.15) is 4.39 Å². The monoisotopic (exact) mass is 563 g/mol. The molecule has 1 aliphatic heterocycles. The molecule has 2 N–H and O–H groups in total. The molecule has 5 rings (SSSR count). The minimum atomic E-state index is -2.71. The first-order valence-electron chi connectivity index (χ1n) is 12.7. The third-order valence-corrected chi connectivity index (χ3v) is 8.49. The van der Waals surface area contributed by atoms with E-state index in [1.165, 1.54) is 28.4 Å². The van der Waals surface area contributed by atoms with Gasteiger partial charge in [-0.1, -0.05) is 35.1 Å². The van der Waals surface area contributed by atoms with Gasteiger partial charge in [0, 0.05) is 19.5 Å². The van der Waals surface area contributed by atoms with E-state index in [1.807, 2.05) is 24.3 Å². The first-order chi connectivity index (χ1) is 18.2. The van der Waals surface area contributed by atoms with Crippen LogP contribution in [0.5, 0.6) is 0 Å². The number of halogens is 3. The minimum Gasteiger partial charge on any atom is -0.481 e. The lowest BCUT2D eigenvalue weighted by atomic mass is 9.87. The zero-order chi connectivity index (χ0) is 26.9. The van der Waals surface area contributed by atoms with Crippen LogP contribution < -0.4 is 5.32 Å². The van der Waals surface area contributed by atoms with E-state index >= 15 is 8.78 Å². The van der Waals surface area contributed by atoms with Gasteiger partial charge < -0.3 is 15.2 Å². The zero-order valence-electron chi connectivity index (χ0n) is 20.6. The number of benzene rings is 2. The number of para-hydroxylation sites is 1. The standard InChI is InChI=1S/C27H28ClF2N3O4S/c28-19-13-17(20(29)15-22(19)32-26-31-21-5-1-2-6-23(21)38-26)14-24(34)27(30,33-11-3-4-12-33)37-18-9-7-16(8-10-18)25(35)36/h1-2,5-6,13,15-16,18H,3-4,7-12,14H2,(H,31,32)(H,35,36)/t16-,18-,27?. The van der Waals surface area contributed by atoms with Crippen LogP contribution in [-0.4, -0.2) is 51.9 Å². The van der Waals surface area contributed by atoms with E-state index in [9.17, 15) is 14.7 Å². The van der Waals surface area contributed by atoms with Crippen molar-refractivity contribution in [1.82, 2.24) is 9.88 Å². The fourth-order valence-electron chi connectivity index (χ4n) is 5.11. The molecule has 7 nitrogen and oxygen atoms in total. The quantitative estimate of drug-likeness (QED) is 0.294. The van der Waals surface area contributed by atoms with Gasteiger partial charge in [0.15, 0.2) is 5.13 Å². The van der Waals surface area contributed by atoms with Crippen molar-refractivity contribution < 1.29 is 28.2 Å². The summed E-state index contributed by atoms with van der Waals surface area (Å²) in [6.07, 6.45) is 1.72. The van der Waals surface area contributed by atoms with Crippen molar-refractivity contribution in [3.63, 3.8) is 0 Å². The number of nitrogens with zero attached hydrogens (tertiary/aromatic N) is 2. The number of ether oxygens (including phenoxy) is 1. The Kier molecular flexibility index (Phi) is 7.95. The number of nitrogens with one attached hydrogen (secondary N) is 1. The first kappa shape index (κ1) is 26.9. The van der Waals surface area contributed by atoms with E-state index in [1.54, 1.807) is 0 Å². The maximum atomic E-state index is 16.4. The molecule has 1 atom stereocenters. The number of Topliss-reactive ketones (excluding diaryl/α,β-unsaturated/α-hetero) is 1. The number of thiazole rings is 1. The Balaban J connectivity index is 1.32. The van der Waals surface area contributed by atoms with E-state index in [0.29, 0.717) is 43.9 Å². The van der Waals surface area contributed by atoms with Crippen molar-refractivity contribution in [3.8, 4) is 0 Å².